The van der Waals surface area contributed by atoms with Gasteiger partial charge in [0.1, 0.15) is 0 Å². The molecule has 1 heterocycles. The second kappa shape index (κ2) is 6.95. The zero-order valence-corrected chi connectivity index (χ0v) is 11.8. The summed E-state index contributed by atoms with van der Waals surface area (Å²) in [6, 6.07) is 5.54. The summed E-state index contributed by atoms with van der Waals surface area (Å²) in [6.45, 7) is 4.52. The van der Waals surface area contributed by atoms with Crippen LogP contribution < -0.4 is 10.6 Å². The van der Waals surface area contributed by atoms with Crippen molar-refractivity contribution in [2.24, 2.45) is 5.73 Å². The van der Waals surface area contributed by atoms with E-state index in [2.05, 4.69) is 4.90 Å². The van der Waals surface area contributed by atoms with Crippen LogP contribution in [-0.4, -0.2) is 44.2 Å². The molecule has 1 aliphatic rings. The maximum Gasteiger partial charge on any atom is 0.416 e. The number of anilines is 1. The molecule has 2 rings (SSSR count). The van der Waals surface area contributed by atoms with Crippen molar-refractivity contribution in [3.8, 4) is 0 Å². The van der Waals surface area contributed by atoms with Gasteiger partial charge in [-0.25, -0.2) is 0 Å². The zero-order chi connectivity index (χ0) is 15.3. The molecule has 0 bridgehead atoms. The lowest BCUT2D eigenvalue weighted by Gasteiger charge is -2.35. The first-order valence-corrected chi connectivity index (χ1v) is 7.00. The number of benzene rings is 1. The van der Waals surface area contributed by atoms with Gasteiger partial charge in [0.15, 0.2) is 0 Å². The van der Waals surface area contributed by atoms with E-state index in [1.165, 1.54) is 12.1 Å². The average Bonchev–Trinajstić information content (AvgIpc) is 2.47. The Hall–Kier alpha value is -1.53. The van der Waals surface area contributed by atoms with Crippen LogP contribution in [0.5, 0.6) is 0 Å². The van der Waals surface area contributed by atoms with E-state index < -0.39 is 11.7 Å². The largest absolute Gasteiger partial charge is 0.416 e. The highest BCUT2D eigenvalue weighted by Gasteiger charge is 2.31. The molecule has 1 aliphatic heterocycles. The first kappa shape index (κ1) is 15.9. The van der Waals surface area contributed by atoms with Gasteiger partial charge in [-0.2, -0.15) is 13.2 Å². The van der Waals surface area contributed by atoms with Crippen LogP contribution in [0.1, 0.15) is 5.56 Å². The van der Waals surface area contributed by atoms with Crippen molar-refractivity contribution in [1.29, 1.82) is 0 Å². The fraction of sp³-hybridized carbons (Fsp3) is 0.467. The molecule has 6 heteroatoms. The van der Waals surface area contributed by atoms with Crippen molar-refractivity contribution in [3.63, 3.8) is 0 Å². The quantitative estimate of drug-likeness (QED) is 0.866. The van der Waals surface area contributed by atoms with Gasteiger partial charge in [0.2, 0.25) is 0 Å². The molecule has 0 spiro atoms. The van der Waals surface area contributed by atoms with E-state index in [4.69, 9.17) is 5.73 Å². The fourth-order valence-electron chi connectivity index (χ4n) is 2.39. The normalized spacial score (nSPS) is 17.6. The Kier molecular flexibility index (Phi) is 5.25. The van der Waals surface area contributed by atoms with E-state index in [0.717, 1.165) is 38.8 Å². The first-order valence-electron chi connectivity index (χ1n) is 7.00. The van der Waals surface area contributed by atoms with Crippen LogP contribution >= 0.6 is 0 Å². The van der Waals surface area contributed by atoms with Crippen molar-refractivity contribution in [2.45, 2.75) is 6.18 Å². The molecule has 2 N–H and O–H groups in total. The summed E-state index contributed by atoms with van der Waals surface area (Å²) in [7, 11) is 0. The zero-order valence-electron chi connectivity index (χ0n) is 11.8. The van der Waals surface area contributed by atoms with Gasteiger partial charge in [0.05, 0.1) is 5.56 Å². The summed E-state index contributed by atoms with van der Waals surface area (Å²) in [5, 5.41) is 0. The second-order valence-electron chi connectivity index (χ2n) is 5.04. The smallest absolute Gasteiger partial charge is 0.369 e. The second-order valence-corrected chi connectivity index (χ2v) is 5.04. The van der Waals surface area contributed by atoms with E-state index >= 15 is 0 Å². The fourth-order valence-corrected chi connectivity index (χ4v) is 2.39. The minimum Gasteiger partial charge on any atom is -0.369 e. The molecule has 0 aliphatic carbocycles. The molecule has 1 aromatic carbocycles. The Morgan fingerprint density at radius 3 is 2.43 bits per heavy atom. The van der Waals surface area contributed by atoms with E-state index in [-0.39, 0.29) is 0 Å². The standard InChI is InChI=1S/C15H20F3N3/c16-15(17,18)13-4-3-5-14(12-13)21-10-8-20(9-11-21)7-2-1-6-19/h1-5,12H,6-11,19H2. The number of hydrogen-bond acceptors (Lipinski definition) is 3. The molecule has 0 atom stereocenters. The molecule has 0 unspecified atom stereocenters. The molecule has 1 aromatic rings. The highest BCUT2D eigenvalue weighted by molar-refractivity contribution is 5.49. The Morgan fingerprint density at radius 2 is 1.81 bits per heavy atom. The SMILES string of the molecule is NCC=CCN1CCN(c2cccc(C(F)(F)F)c2)CC1. The van der Waals surface area contributed by atoms with E-state index in [1.807, 2.05) is 17.1 Å². The maximum atomic E-state index is 12.7. The molecule has 0 aromatic heterocycles. The molecule has 116 valence electrons. The maximum absolute atomic E-state index is 12.7. The molecule has 0 radical (unpaired) electrons. The summed E-state index contributed by atoms with van der Waals surface area (Å²) in [6.07, 6.45) is -0.343. The Labute approximate surface area is 122 Å². The summed E-state index contributed by atoms with van der Waals surface area (Å²) >= 11 is 0. The molecular weight excluding hydrogens is 279 g/mol. The average molecular weight is 299 g/mol. The van der Waals surface area contributed by atoms with E-state index in [0.29, 0.717) is 12.2 Å². The molecule has 21 heavy (non-hydrogen) atoms. The predicted molar refractivity (Wildman–Crippen MR) is 78.3 cm³/mol. The monoisotopic (exact) mass is 299 g/mol. The van der Waals surface area contributed by atoms with Gasteiger partial charge in [-0.15, -0.1) is 0 Å². The number of hydrogen-bond donors (Lipinski definition) is 1. The van der Waals surface area contributed by atoms with Crippen LogP contribution in [0.15, 0.2) is 36.4 Å². The molecule has 3 nitrogen and oxygen atoms in total. The predicted octanol–water partition coefficient (Wildman–Crippen LogP) is 2.34. The minimum absolute atomic E-state index is 0.532. The van der Waals surface area contributed by atoms with Crippen molar-refractivity contribution in [1.82, 2.24) is 4.90 Å². The Bertz CT molecular complexity index is 477. The molecule has 0 saturated carbocycles. The number of halogens is 3. The van der Waals surface area contributed by atoms with Crippen LogP contribution in [0.3, 0.4) is 0 Å². The van der Waals surface area contributed by atoms with E-state index in [1.54, 1.807) is 6.07 Å². The summed E-state index contributed by atoms with van der Waals surface area (Å²) in [4.78, 5) is 4.26. The summed E-state index contributed by atoms with van der Waals surface area (Å²) in [5.41, 5.74) is 5.44. The third kappa shape index (κ3) is 4.47. The number of nitrogens with two attached hydrogens (primary N) is 1. The Balaban J connectivity index is 1.95. The van der Waals surface area contributed by atoms with Gasteiger partial charge in [-0.3, -0.25) is 4.90 Å². The summed E-state index contributed by atoms with van der Waals surface area (Å²) in [5.74, 6) is 0. The van der Waals surface area contributed by atoms with Gasteiger partial charge in [-0.1, -0.05) is 18.2 Å². The Morgan fingerprint density at radius 1 is 1.10 bits per heavy atom. The molecular formula is C15H20F3N3. The minimum atomic E-state index is -4.29. The number of nitrogens with zero attached hydrogens (tertiary/aromatic N) is 2. The highest BCUT2D eigenvalue weighted by atomic mass is 19.4. The highest BCUT2D eigenvalue weighted by Crippen LogP contribution is 2.31. The van der Waals surface area contributed by atoms with E-state index in [9.17, 15) is 13.2 Å². The third-order valence-electron chi connectivity index (χ3n) is 3.58. The van der Waals surface area contributed by atoms with Crippen LogP contribution in [0.4, 0.5) is 18.9 Å². The number of alkyl halides is 3. The van der Waals surface area contributed by atoms with Gasteiger partial charge in [0, 0.05) is 45.0 Å². The van der Waals surface area contributed by atoms with Crippen molar-refractivity contribution in [2.75, 3.05) is 44.2 Å². The molecule has 1 saturated heterocycles. The summed E-state index contributed by atoms with van der Waals surface area (Å²) < 4.78 is 38.2. The van der Waals surface area contributed by atoms with Gasteiger partial charge in [0.25, 0.3) is 0 Å². The molecule has 1 fully saturated rings. The van der Waals surface area contributed by atoms with Crippen LogP contribution in [-0.2, 0) is 6.18 Å². The topological polar surface area (TPSA) is 32.5 Å². The lowest BCUT2D eigenvalue weighted by atomic mass is 10.1. The van der Waals surface area contributed by atoms with Crippen LogP contribution in [0.2, 0.25) is 0 Å². The van der Waals surface area contributed by atoms with Crippen LogP contribution in [0, 0.1) is 0 Å². The molecule has 0 amide bonds. The number of piperazine rings is 1. The van der Waals surface area contributed by atoms with Crippen LogP contribution in [0.25, 0.3) is 0 Å². The third-order valence-corrected chi connectivity index (χ3v) is 3.58. The first-order chi connectivity index (χ1) is 10.0. The lowest BCUT2D eigenvalue weighted by Crippen LogP contribution is -2.46. The van der Waals surface area contributed by atoms with Gasteiger partial charge >= 0.3 is 6.18 Å². The number of rotatable bonds is 4. The van der Waals surface area contributed by atoms with Gasteiger partial charge < -0.3 is 10.6 Å². The van der Waals surface area contributed by atoms with Crippen molar-refractivity contribution in [3.05, 3.63) is 42.0 Å². The van der Waals surface area contributed by atoms with Crippen molar-refractivity contribution >= 4 is 5.69 Å². The van der Waals surface area contributed by atoms with Crippen molar-refractivity contribution < 1.29 is 13.2 Å². The van der Waals surface area contributed by atoms with Gasteiger partial charge in [-0.05, 0) is 18.2 Å². The lowest BCUT2D eigenvalue weighted by molar-refractivity contribution is -0.137.